The van der Waals surface area contributed by atoms with E-state index in [1.807, 2.05) is 26.0 Å². The van der Waals surface area contributed by atoms with Gasteiger partial charge in [-0.3, -0.25) is 9.69 Å². The molecule has 1 aromatic carbocycles. The second kappa shape index (κ2) is 8.93. The second-order valence-corrected chi connectivity index (χ2v) is 7.71. The molecule has 0 saturated carbocycles. The molecule has 1 aliphatic heterocycles. The number of halogens is 2. The average molecular weight is 425 g/mol. The number of benzene rings is 1. The number of aryl methyl sites for hydroxylation is 1. The van der Waals surface area contributed by atoms with Crippen molar-refractivity contribution in [2.24, 2.45) is 0 Å². The first-order valence-electron chi connectivity index (χ1n) is 10.4. The van der Waals surface area contributed by atoms with Crippen LogP contribution in [0.2, 0.25) is 0 Å². The Morgan fingerprint density at radius 3 is 2.52 bits per heavy atom. The number of piperazine rings is 1. The Morgan fingerprint density at radius 2 is 1.87 bits per heavy atom. The predicted molar refractivity (Wildman–Crippen MR) is 116 cm³/mol. The molecule has 4 rings (SSSR count). The van der Waals surface area contributed by atoms with Crippen LogP contribution < -0.4 is 10.5 Å². The van der Waals surface area contributed by atoms with Crippen LogP contribution in [-0.2, 0) is 6.42 Å². The highest BCUT2D eigenvalue weighted by molar-refractivity contribution is 5.56. The van der Waals surface area contributed by atoms with Crippen LogP contribution in [0.15, 0.2) is 47.4 Å². The molecule has 0 bridgehead atoms. The number of nitrogens with one attached hydrogen (secondary N) is 1. The van der Waals surface area contributed by atoms with Gasteiger partial charge in [-0.05, 0) is 31.5 Å². The third kappa shape index (κ3) is 4.64. The smallest absolute Gasteiger partial charge is 0.251 e. The number of hydrogen-bond donors (Lipinski definition) is 1. The van der Waals surface area contributed by atoms with E-state index in [0.717, 1.165) is 49.3 Å². The number of hydrogen-bond acceptors (Lipinski definition) is 5. The van der Waals surface area contributed by atoms with Crippen molar-refractivity contribution in [1.29, 1.82) is 0 Å². The van der Waals surface area contributed by atoms with Crippen molar-refractivity contribution in [2.45, 2.75) is 26.3 Å². The topological polar surface area (TPSA) is 65.1 Å². The Hall–Kier alpha value is -3.13. The van der Waals surface area contributed by atoms with E-state index >= 15 is 0 Å². The summed E-state index contributed by atoms with van der Waals surface area (Å²) in [6.07, 6.45) is 2.41. The van der Waals surface area contributed by atoms with Gasteiger partial charge in [-0.1, -0.05) is 13.0 Å². The van der Waals surface area contributed by atoms with Gasteiger partial charge in [0.05, 0.1) is 0 Å². The summed E-state index contributed by atoms with van der Waals surface area (Å²) in [6.45, 7) is 6.89. The molecule has 0 spiro atoms. The first kappa shape index (κ1) is 21.1. The summed E-state index contributed by atoms with van der Waals surface area (Å²) in [7, 11) is 0. The zero-order valence-electron chi connectivity index (χ0n) is 17.6. The summed E-state index contributed by atoms with van der Waals surface area (Å²) in [5.74, 6) is 0.292. The molecule has 162 valence electrons. The van der Waals surface area contributed by atoms with E-state index in [1.165, 1.54) is 18.2 Å². The Labute approximate surface area is 179 Å². The number of anilines is 1. The third-order valence-corrected chi connectivity index (χ3v) is 5.78. The first-order chi connectivity index (χ1) is 14.9. The zero-order valence-corrected chi connectivity index (χ0v) is 17.6. The maximum atomic E-state index is 14.1. The maximum Gasteiger partial charge on any atom is 0.251 e. The molecule has 1 fully saturated rings. The minimum Gasteiger partial charge on any atom is -0.354 e. The minimum absolute atomic E-state index is 0.133. The fourth-order valence-corrected chi connectivity index (χ4v) is 3.91. The van der Waals surface area contributed by atoms with Gasteiger partial charge in [0.15, 0.2) is 0 Å². The molecule has 1 N–H and O–H groups in total. The maximum absolute atomic E-state index is 14.1. The van der Waals surface area contributed by atoms with Gasteiger partial charge in [-0.25, -0.2) is 18.7 Å². The van der Waals surface area contributed by atoms with Gasteiger partial charge in [0.25, 0.3) is 5.56 Å². The minimum atomic E-state index is -0.562. The SMILES string of the molecule is CCc1cc(=O)[nH]c(-c2ccc(N3CCN(C(C)c4ccc(F)cc4F)CC3)nc2)n1. The lowest BCUT2D eigenvalue weighted by Crippen LogP contribution is -2.47. The molecule has 1 atom stereocenters. The van der Waals surface area contributed by atoms with Crippen LogP contribution in [0.5, 0.6) is 0 Å². The fraction of sp³-hybridized carbons (Fsp3) is 0.348. The normalized spacial score (nSPS) is 15.8. The van der Waals surface area contributed by atoms with Crippen molar-refractivity contribution in [3.63, 3.8) is 0 Å². The monoisotopic (exact) mass is 425 g/mol. The lowest BCUT2D eigenvalue weighted by atomic mass is 10.1. The van der Waals surface area contributed by atoms with Gasteiger partial charge in [-0.15, -0.1) is 0 Å². The molecule has 3 heterocycles. The fourth-order valence-electron chi connectivity index (χ4n) is 3.91. The highest BCUT2D eigenvalue weighted by Crippen LogP contribution is 2.26. The molecule has 1 unspecified atom stereocenters. The Kier molecular flexibility index (Phi) is 6.08. The first-order valence-corrected chi connectivity index (χ1v) is 10.4. The Morgan fingerprint density at radius 1 is 1.10 bits per heavy atom. The molecule has 0 amide bonds. The van der Waals surface area contributed by atoms with E-state index in [4.69, 9.17) is 0 Å². The summed E-state index contributed by atoms with van der Waals surface area (Å²) >= 11 is 0. The molecular weight excluding hydrogens is 400 g/mol. The Bertz CT molecular complexity index is 1110. The standard InChI is InChI=1S/C23H25F2N5O/c1-3-18-13-22(31)28-23(27-18)16-4-7-21(26-14-16)30-10-8-29(9-11-30)15(2)19-6-5-17(24)12-20(19)25/h4-7,12-15H,3,8-11H2,1-2H3,(H,27,28,31). The highest BCUT2D eigenvalue weighted by atomic mass is 19.1. The van der Waals surface area contributed by atoms with Crippen molar-refractivity contribution in [2.75, 3.05) is 31.1 Å². The van der Waals surface area contributed by atoms with E-state index in [2.05, 4.69) is 24.8 Å². The molecule has 3 aromatic rings. The van der Waals surface area contributed by atoms with E-state index in [-0.39, 0.29) is 11.6 Å². The van der Waals surface area contributed by atoms with Gasteiger partial charge in [-0.2, -0.15) is 0 Å². The molecule has 6 nitrogen and oxygen atoms in total. The molecule has 1 aliphatic rings. The lowest BCUT2D eigenvalue weighted by Gasteiger charge is -2.38. The van der Waals surface area contributed by atoms with Crippen molar-refractivity contribution in [1.82, 2.24) is 19.9 Å². The molecule has 2 aromatic heterocycles. The summed E-state index contributed by atoms with van der Waals surface area (Å²) < 4.78 is 27.3. The quantitative estimate of drug-likeness (QED) is 0.677. The number of aromatic nitrogens is 3. The highest BCUT2D eigenvalue weighted by Gasteiger charge is 2.24. The molecule has 31 heavy (non-hydrogen) atoms. The zero-order chi connectivity index (χ0) is 22.0. The van der Waals surface area contributed by atoms with E-state index in [0.29, 0.717) is 17.8 Å². The van der Waals surface area contributed by atoms with Crippen molar-refractivity contribution in [3.05, 3.63) is 75.8 Å². The molecule has 0 aliphatic carbocycles. The Balaban J connectivity index is 1.42. The van der Waals surface area contributed by atoms with Gasteiger partial charge >= 0.3 is 0 Å². The lowest BCUT2D eigenvalue weighted by molar-refractivity contribution is 0.194. The second-order valence-electron chi connectivity index (χ2n) is 7.71. The van der Waals surface area contributed by atoms with Gasteiger partial charge < -0.3 is 9.88 Å². The van der Waals surface area contributed by atoms with Gasteiger partial charge in [0, 0.05) is 67.4 Å². The third-order valence-electron chi connectivity index (χ3n) is 5.78. The van der Waals surface area contributed by atoms with Crippen molar-refractivity contribution in [3.8, 4) is 11.4 Å². The van der Waals surface area contributed by atoms with E-state index < -0.39 is 11.6 Å². The number of rotatable bonds is 5. The van der Waals surface area contributed by atoms with Crippen LogP contribution in [0.3, 0.4) is 0 Å². The average Bonchev–Trinajstić information content (AvgIpc) is 2.78. The predicted octanol–water partition coefficient (Wildman–Crippen LogP) is 3.56. The van der Waals surface area contributed by atoms with Crippen LogP contribution >= 0.6 is 0 Å². The van der Waals surface area contributed by atoms with Crippen molar-refractivity contribution < 1.29 is 8.78 Å². The number of nitrogens with zero attached hydrogens (tertiary/aromatic N) is 4. The van der Waals surface area contributed by atoms with Crippen LogP contribution in [0.25, 0.3) is 11.4 Å². The summed E-state index contributed by atoms with van der Waals surface area (Å²) in [4.78, 5) is 28.0. The number of pyridine rings is 1. The molecule has 1 saturated heterocycles. The molecule has 8 heteroatoms. The largest absolute Gasteiger partial charge is 0.354 e. The summed E-state index contributed by atoms with van der Waals surface area (Å²) in [5, 5.41) is 0. The van der Waals surface area contributed by atoms with Crippen LogP contribution in [0.4, 0.5) is 14.6 Å². The van der Waals surface area contributed by atoms with Gasteiger partial charge in [0.1, 0.15) is 23.3 Å². The molecular formula is C23H25F2N5O. The van der Waals surface area contributed by atoms with Crippen LogP contribution in [0.1, 0.15) is 31.1 Å². The van der Waals surface area contributed by atoms with Crippen molar-refractivity contribution >= 4 is 5.82 Å². The molecule has 0 radical (unpaired) electrons. The summed E-state index contributed by atoms with van der Waals surface area (Å²) in [5.41, 5.74) is 1.84. The van der Waals surface area contributed by atoms with Crippen LogP contribution in [-0.4, -0.2) is 46.0 Å². The number of aromatic amines is 1. The van der Waals surface area contributed by atoms with E-state index in [1.54, 1.807) is 6.20 Å². The summed E-state index contributed by atoms with van der Waals surface area (Å²) in [6, 6.07) is 8.96. The number of H-pyrrole nitrogens is 1. The van der Waals surface area contributed by atoms with Gasteiger partial charge in [0.2, 0.25) is 0 Å². The van der Waals surface area contributed by atoms with E-state index in [9.17, 15) is 13.6 Å². The van der Waals surface area contributed by atoms with Crippen LogP contribution in [0, 0.1) is 11.6 Å².